The Morgan fingerprint density at radius 3 is 2.62 bits per heavy atom. The van der Waals surface area contributed by atoms with Crippen LogP contribution in [0.2, 0.25) is 0 Å². The van der Waals surface area contributed by atoms with E-state index in [-0.39, 0.29) is 17.3 Å². The predicted molar refractivity (Wildman–Crippen MR) is 90.2 cm³/mol. The van der Waals surface area contributed by atoms with E-state index in [0.29, 0.717) is 24.7 Å². The lowest BCUT2D eigenvalue weighted by Gasteiger charge is -2.61. The Bertz CT molecular complexity index is 586. The van der Waals surface area contributed by atoms with Crippen molar-refractivity contribution in [2.45, 2.75) is 70.5 Å². The second kappa shape index (κ2) is 5.07. The summed E-state index contributed by atoms with van der Waals surface area (Å²) in [7, 11) is 0. The Hall–Kier alpha value is -0.870. The highest BCUT2D eigenvalue weighted by Crippen LogP contribution is 2.67. The van der Waals surface area contributed by atoms with Crippen LogP contribution < -0.4 is 0 Å². The average molecular weight is 334 g/mol. The van der Waals surface area contributed by atoms with Gasteiger partial charge in [0.1, 0.15) is 0 Å². The van der Waals surface area contributed by atoms with E-state index in [4.69, 9.17) is 0 Å². The normalized spacial score (nSPS) is 56.2. The Kier molecular flexibility index (Phi) is 3.51. The van der Waals surface area contributed by atoms with Crippen molar-refractivity contribution in [1.29, 1.82) is 0 Å². The number of carboxylic acids is 1. The molecule has 3 unspecified atom stereocenters. The number of fused-ring (bicyclic) bond motifs is 5. The van der Waals surface area contributed by atoms with Gasteiger partial charge >= 0.3 is 5.97 Å². The molecule has 0 amide bonds. The molecule has 4 heteroatoms. The third-order valence-electron chi connectivity index (χ3n) is 8.65. The summed E-state index contributed by atoms with van der Waals surface area (Å²) < 4.78 is 0. The highest BCUT2D eigenvalue weighted by Gasteiger charge is 2.68. The van der Waals surface area contributed by atoms with Crippen LogP contribution in [0.25, 0.3) is 0 Å². The van der Waals surface area contributed by atoms with Gasteiger partial charge < -0.3 is 15.3 Å². The Labute approximate surface area is 144 Å². The molecule has 8 atom stereocenters. The van der Waals surface area contributed by atoms with Crippen molar-refractivity contribution in [2.75, 3.05) is 0 Å². The number of rotatable bonds is 1. The molecule has 0 aliphatic heterocycles. The molecule has 0 heterocycles. The van der Waals surface area contributed by atoms with Gasteiger partial charge in [-0.1, -0.05) is 26.0 Å². The van der Waals surface area contributed by atoms with Gasteiger partial charge in [-0.25, -0.2) is 4.79 Å². The lowest BCUT2D eigenvalue weighted by molar-refractivity contribution is -0.203. The lowest BCUT2D eigenvalue weighted by Crippen LogP contribution is -2.62. The van der Waals surface area contributed by atoms with Crippen LogP contribution in [0.3, 0.4) is 0 Å². The van der Waals surface area contributed by atoms with E-state index >= 15 is 0 Å². The Morgan fingerprint density at radius 1 is 1.17 bits per heavy atom. The second-order valence-corrected chi connectivity index (χ2v) is 9.38. The molecule has 4 aliphatic carbocycles. The minimum Gasteiger partial charge on any atom is -0.479 e. The monoisotopic (exact) mass is 334 g/mol. The summed E-state index contributed by atoms with van der Waals surface area (Å²) in [5, 5.41) is 31.7. The molecule has 0 bridgehead atoms. The van der Waals surface area contributed by atoms with Gasteiger partial charge in [0.05, 0.1) is 6.10 Å². The van der Waals surface area contributed by atoms with Crippen molar-refractivity contribution in [3.05, 3.63) is 12.2 Å². The van der Waals surface area contributed by atoms with Gasteiger partial charge in [0.2, 0.25) is 0 Å². The minimum absolute atomic E-state index is 0.113. The summed E-state index contributed by atoms with van der Waals surface area (Å²) in [6, 6.07) is 0. The van der Waals surface area contributed by atoms with Gasteiger partial charge in [0, 0.05) is 5.41 Å². The first-order valence-corrected chi connectivity index (χ1v) is 9.53. The summed E-state index contributed by atoms with van der Waals surface area (Å²) in [6.07, 6.45) is 9.87. The Balaban J connectivity index is 1.73. The fourth-order valence-electron chi connectivity index (χ4n) is 7.32. The van der Waals surface area contributed by atoms with Crippen molar-refractivity contribution in [3.8, 4) is 0 Å². The largest absolute Gasteiger partial charge is 0.479 e. The molecule has 0 aromatic carbocycles. The van der Waals surface area contributed by atoms with Crippen molar-refractivity contribution < 1.29 is 20.1 Å². The van der Waals surface area contributed by atoms with E-state index in [1.54, 1.807) is 0 Å². The average Bonchev–Trinajstić information content (AvgIpc) is 2.79. The molecule has 4 nitrogen and oxygen atoms in total. The van der Waals surface area contributed by atoms with E-state index in [0.717, 1.165) is 32.1 Å². The third kappa shape index (κ3) is 1.84. The topological polar surface area (TPSA) is 77.8 Å². The van der Waals surface area contributed by atoms with Crippen molar-refractivity contribution in [1.82, 2.24) is 0 Å². The molecule has 3 N–H and O–H groups in total. The summed E-state index contributed by atoms with van der Waals surface area (Å²) >= 11 is 0. The molecule has 0 saturated heterocycles. The molecule has 3 fully saturated rings. The maximum Gasteiger partial charge on any atom is 0.336 e. The molecule has 0 aromatic rings. The summed E-state index contributed by atoms with van der Waals surface area (Å²) in [5.41, 5.74) is -2.29. The highest BCUT2D eigenvalue weighted by molar-refractivity contribution is 5.79. The zero-order chi connectivity index (χ0) is 17.3. The zero-order valence-corrected chi connectivity index (χ0v) is 14.7. The standard InChI is InChI=1S/C20H30O4/c1-18-9-4-3-5-12(18)6-7-13-14-8-10-20(24,17(22)23)19(14,2)11-15(21)16(13)18/h3-4,12-16,21,24H,5-11H2,1-2H3,(H,22,23)/t12?,13-,14-,15?,16-,18-,19-,20?/m0/s1. The molecule has 4 aliphatic rings. The molecule has 0 spiro atoms. The smallest absolute Gasteiger partial charge is 0.336 e. The first-order chi connectivity index (χ1) is 11.2. The van der Waals surface area contributed by atoms with Gasteiger partial charge in [-0.3, -0.25) is 0 Å². The summed E-state index contributed by atoms with van der Waals surface area (Å²) in [4.78, 5) is 11.8. The van der Waals surface area contributed by atoms with Crippen molar-refractivity contribution in [3.63, 3.8) is 0 Å². The van der Waals surface area contributed by atoms with Crippen LogP contribution in [-0.4, -0.2) is 33.0 Å². The van der Waals surface area contributed by atoms with Crippen LogP contribution in [0.1, 0.15) is 58.8 Å². The minimum atomic E-state index is -1.69. The van der Waals surface area contributed by atoms with E-state index in [1.807, 2.05) is 6.92 Å². The SMILES string of the molecule is C[C@]12CC=CCC1CC[C@@H]1[C@H]2C(O)C[C@@]2(C)[C@H]1CCC2(O)C(=O)O. The predicted octanol–water partition coefficient (Wildman–Crippen LogP) is 2.98. The van der Waals surface area contributed by atoms with Gasteiger partial charge in [-0.05, 0) is 74.0 Å². The molecular formula is C20H30O4. The number of hydrogen-bond acceptors (Lipinski definition) is 3. The quantitative estimate of drug-likeness (QED) is 0.644. The van der Waals surface area contributed by atoms with Gasteiger partial charge in [0.25, 0.3) is 0 Å². The second-order valence-electron chi connectivity index (χ2n) is 9.38. The van der Waals surface area contributed by atoms with Crippen LogP contribution in [0.5, 0.6) is 0 Å². The maximum atomic E-state index is 11.8. The number of hydrogen-bond donors (Lipinski definition) is 3. The highest BCUT2D eigenvalue weighted by atomic mass is 16.4. The van der Waals surface area contributed by atoms with Gasteiger partial charge in [-0.2, -0.15) is 0 Å². The first-order valence-electron chi connectivity index (χ1n) is 9.53. The fraction of sp³-hybridized carbons (Fsp3) is 0.850. The first kappa shape index (κ1) is 16.6. The number of aliphatic carboxylic acids is 1. The fourth-order valence-corrected chi connectivity index (χ4v) is 7.32. The van der Waals surface area contributed by atoms with Gasteiger partial charge in [0.15, 0.2) is 5.60 Å². The number of allylic oxidation sites excluding steroid dienone is 2. The number of carbonyl (C=O) groups is 1. The molecule has 0 radical (unpaired) electrons. The molecule has 4 rings (SSSR count). The maximum absolute atomic E-state index is 11.8. The lowest BCUT2D eigenvalue weighted by atomic mass is 9.44. The van der Waals surface area contributed by atoms with Crippen molar-refractivity contribution in [2.24, 2.45) is 34.5 Å². The molecule has 0 aromatic heterocycles. The summed E-state index contributed by atoms with van der Waals surface area (Å²) in [6.45, 7) is 4.25. The number of aliphatic hydroxyl groups is 2. The van der Waals surface area contributed by atoms with Crippen LogP contribution in [0.4, 0.5) is 0 Å². The number of aliphatic hydroxyl groups excluding tert-OH is 1. The number of carboxylic acid groups (broad SMARTS) is 1. The van der Waals surface area contributed by atoms with E-state index in [1.165, 1.54) is 0 Å². The zero-order valence-electron chi connectivity index (χ0n) is 14.7. The van der Waals surface area contributed by atoms with Crippen LogP contribution in [0, 0.1) is 34.5 Å². The molecule has 24 heavy (non-hydrogen) atoms. The van der Waals surface area contributed by atoms with E-state index in [9.17, 15) is 20.1 Å². The molecular weight excluding hydrogens is 304 g/mol. The third-order valence-corrected chi connectivity index (χ3v) is 8.65. The Morgan fingerprint density at radius 2 is 1.92 bits per heavy atom. The van der Waals surface area contributed by atoms with Crippen molar-refractivity contribution >= 4 is 5.97 Å². The van der Waals surface area contributed by atoms with Gasteiger partial charge in [-0.15, -0.1) is 0 Å². The molecule has 3 saturated carbocycles. The molecule has 134 valence electrons. The van der Waals surface area contributed by atoms with Crippen LogP contribution in [-0.2, 0) is 4.79 Å². The van der Waals surface area contributed by atoms with E-state index < -0.39 is 23.1 Å². The summed E-state index contributed by atoms with van der Waals surface area (Å²) in [5.74, 6) is 0.284. The van der Waals surface area contributed by atoms with Crippen LogP contribution >= 0.6 is 0 Å². The van der Waals surface area contributed by atoms with Crippen LogP contribution in [0.15, 0.2) is 12.2 Å². The van der Waals surface area contributed by atoms with E-state index in [2.05, 4.69) is 19.1 Å².